The fourth-order valence-corrected chi connectivity index (χ4v) is 3.48. The third-order valence-electron chi connectivity index (χ3n) is 5.69. The van der Waals surface area contributed by atoms with Crippen LogP contribution in [0.5, 0.6) is 5.75 Å². The average Bonchev–Trinajstić information content (AvgIpc) is 2.87. The van der Waals surface area contributed by atoms with Gasteiger partial charge in [0, 0.05) is 6.42 Å². The van der Waals surface area contributed by atoms with Gasteiger partial charge in [-0.3, -0.25) is 14.4 Å². The van der Waals surface area contributed by atoms with Gasteiger partial charge in [-0.1, -0.05) is 18.6 Å². The van der Waals surface area contributed by atoms with Crippen molar-refractivity contribution in [1.82, 2.24) is 16.0 Å². The van der Waals surface area contributed by atoms with E-state index in [1.54, 1.807) is 12.1 Å². The molecular weight excluding hydrogens is 484 g/mol. The molecule has 208 valence electrons. The lowest BCUT2D eigenvalue weighted by atomic mass is 10.0. The van der Waals surface area contributed by atoms with Crippen molar-refractivity contribution in [2.75, 3.05) is 19.7 Å². The number of amides is 3. The number of nitrogens with two attached hydrogens (primary N) is 3. The molecule has 0 aliphatic carbocycles. The van der Waals surface area contributed by atoms with Crippen molar-refractivity contribution >= 4 is 23.7 Å². The van der Waals surface area contributed by atoms with Crippen molar-refractivity contribution in [3.05, 3.63) is 29.8 Å². The van der Waals surface area contributed by atoms with Crippen molar-refractivity contribution in [1.29, 1.82) is 0 Å². The summed E-state index contributed by atoms with van der Waals surface area (Å²) in [6, 6.07) is 1.17. The highest BCUT2D eigenvalue weighted by atomic mass is 16.4. The van der Waals surface area contributed by atoms with Crippen LogP contribution in [-0.2, 0) is 25.6 Å². The Labute approximate surface area is 216 Å². The third kappa shape index (κ3) is 12.0. The lowest BCUT2D eigenvalue weighted by molar-refractivity contribution is -0.142. The van der Waals surface area contributed by atoms with Crippen LogP contribution in [0, 0.1) is 0 Å². The first-order chi connectivity index (χ1) is 17.6. The molecule has 4 unspecified atom stereocenters. The van der Waals surface area contributed by atoms with Crippen LogP contribution in [0.25, 0.3) is 0 Å². The smallest absolute Gasteiger partial charge is 0.326 e. The van der Waals surface area contributed by atoms with Gasteiger partial charge in [-0.2, -0.15) is 0 Å². The van der Waals surface area contributed by atoms with Crippen molar-refractivity contribution < 1.29 is 34.5 Å². The van der Waals surface area contributed by atoms with E-state index in [0.717, 1.165) is 0 Å². The van der Waals surface area contributed by atoms with Gasteiger partial charge in [0.2, 0.25) is 17.7 Å². The Hall–Kier alpha value is -3.26. The lowest BCUT2D eigenvalue weighted by Crippen LogP contribution is -2.58. The number of phenols is 1. The molecule has 0 spiro atoms. The number of rotatable bonds is 18. The topological polar surface area (TPSA) is 243 Å². The van der Waals surface area contributed by atoms with E-state index >= 15 is 0 Å². The van der Waals surface area contributed by atoms with E-state index in [1.165, 1.54) is 12.1 Å². The van der Waals surface area contributed by atoms with Gasteiger partial charge >= 0.3 is 5.97 Å². The quantitative estimate of drug-likeness (QED) is 0.0961. The van der Waals surface area contributed by atoms with E-state index in [1.807, 2.05) is 0 Å². The number of hydrogen-bond acceptors (Lipinski definition) is 9. The SMILES string of the molecule is NCCCCC(N)C(=O)NC(CO)C(=O)NC(Cc1ccc(O)cc1)C(=O)NC(CCCCN)C(=O)O. The summed E-state index contributed by atoms with van der Waals surface area (Å²) in [6.45, 7) is 0.0818. The summed E-state index contributed by atoms with van der Waals surface area (Å²) < 4.78 is 0. The number of benzene rings is 1. The molecule has 3 amide bonds. The maximum atomic E-state index is 13.0. The maximum Gasteiger partial charge on any atom is 0.326 e. The summed E-state index contributed by atoms with van der Waals surface area (Å²) in [4.78, 5) is 49.9. The molecule has 4 atom stereocenters. The zero-order valence-electron chi connectivity index (χ0n) is 20.9. The van der Waals surface area contributed by atoms with Crippen LogP contribution in [0.4, 0.5) is 0 Å². The van der Waals surface area contributed by atoms with Gasteiger partial charge in [-0.25, -0.2) is 4.79 Å². The number of carbonyl (C=O) groups is 4. The molecule has 0 aliphatic heterocycles. The molecule has 1 rings (SSSR count). The van der Waals surface area contributed by atoms with E-state index in [4.69, 9.17) is 17.2 Å². The zero-order chi connectivity index (χ0) is 27.8. The number of carbonyl (C=O) groups excluding carboxylic acids is 3. The predicted molar refractivity (Wildman–Crippen MR) is 136 cm³/mol. The first kappa shape index (κ1) is 31.8. The summed E-state index contributed by atoms with van der Waals surface area (Å²) in [7, 11) is 0. The molecule has 1 aromatic rings. The summed E-state index contributed by atoms with van der Waals surface area (Å²) >= 11 is 0. The summed E-state index contributed by atoms with van der Waals surface area (Å²) in [6.07, 6.45) is 2.81. The monoisotopic (exact) mass is 524 g/mol. The normalized spacial score (nSPS) is 14.2. The number of aliphatic hydroxyl groups excluding tert-OH is 1. The van der Waals surface area contributed by atoms with Crippen LogP contribution in [0.15, 0.2) is 24.3 Å². The Bertz CT molecular complexity index is 868. The molecule has 0 saturated heterocycles. The number of phenolic OH excluding ortho intramolecular Hbond substituents is 1. The summed E-state index contributed by atoms with van der Waals surface area (Å²) in [5.41, 5.74) is 17.3. The van der Waals surface area contributed by atoms with Crippen LogP contribution in [0.2, 0.25) is 0 Å². The van der Waals surface area contributed by atoms with Gasteiger partial charge < -0.3 is 48.5 Å². The minimum atomic E-state index is -1.39. The van der Waals surface area contributed by atoms with Gasteiger partial charge in [0.15, 0.2) is 0 Å². The number of carboxylic acids is 1. The fraction of sp³-hybridized carbons (Fsp3) is 0.583. The van der Waals surface area contributed by atoms with Crippen LogP contribution in [0.1, 0.15) is 44.1 Å². The van der Waals surface area contributed by atoms with Crippen molar-refractivity contribution in [2.45, 2.75) is 69.1 Å². The highest BCUT2D eigenvalue weighted by Crippen LogP contribution is 2.12. The van der Waals surface area contributed by atoms with Gasteiger partial charge in [0.25, 0.3) is 0 Å². The van der Waals surface area contributed by atoms with Crippen LogP contribution >= 0.6 is 0 Å². The van der Waals surface area contributed by atoms with Gasteiger partial charge in [-0.15, -0.1) is 0 Å². The second-order valence-corrected chi connectivity index (χ2v) is 8.75. The Morgan fingerprint density at radius 3 is 1.81 bits per heavy atom. The Balaban J connectivity index is 2.97. The molecule has 0 radical (unpaired) electrons. The molecule has 0 bridgehead atoms. The van der Waals surface area contributed by atoms with Crippen LogP contribution in [-0.4, -0.2) is 82.9 Å². The maximum absolute atomic E-state index is 13.0. The van der Waals surface area contributed by atoms with Crippen molar-refractivity contribution in [3.8, 4) is 5.75 Å². The van der Waals surface area contributed by atoms with Crippen molar-refractivity contribution in [3.63, 3.8) is 0 Å². The summed E-state index contributed by atoms with van der Waals surface area (Å²) in [5.74, 6) is -3.48. The number of aliphatic hydroxyl groups is 1. The predicted octanol–water partition coefficient (Wildman–Crippen LogP) is -1.95. The molecule has 13 heteroatoms. The molecule has 0 fully saturated rings. The molecular formula is C24H40N6O7. The second kappa shape index (κ2) is 17.2. The minimum absolute atomic E-state index is 0.00508. The second-order valence-electron chi connectivity index (χ2n) is 8.75. The molecule has 37 heavy (non-hydrogen) atoms. The first-order valence-corrected chi connectivity index (χ1v) is 12.3. The number of aromatic hydroxyl groups is 1. The number of unbranched alkanes of at least 4 members (excludes halogenated alkanes) is 2. The average molecular weight is 525 g/mol. The number of hydrogen-bond donors (Lipinski definition) is 9. The lowest BCUT2D eigenvalue weighted by Gasteiger charge is -2.24. The highest BCUT2D eigenvalue weighted by Gasteiger charge is 2.30. The van der Waals surface area contributed by atoms with E-state index in [0.29, 0.717) is 50.8 Å². The number of carboxylic acid groups (broad SMARTS) is 1. The molecule has 0 aliphatic rings. The molecule has 0 aromatic heterocycles. The highest BCUT2D eigenvalue weighted by molar-refractivity contribution is 5.94. The van der Waals surface area contributed by atoms with Gasteiger partial charge in [0.05, 0.1) is 12.6 Å². The van der Waals surface area contributed by atoms with Crippen molar-refractivity contribution in [2.24, 2.45) is 17.2 Å². The molecule has 0 saturated carbocycles. The van der Waals surface area contributed by atoms with E-state index < -0.39 is 54.5 Å². The largest absolute Gasteiger partial charge is 0.508 e. The number of aliphatic carboxylic acids is 1. The van der Waals surface area contributed by atoms with Gasteiger partial charge in [-0.05, 0) is 62.9 Å². The molecule has 1 aromatic carbocycles. The zero-order valence-corrected chi connectivity index (χ0v) is 20.9. The van der Waals surface area contributed by atoms with Gasteiger partial charge in [0.1, 0.15) is 23.9 Å². The van der Waals surface area contributed by atoms with E-state index in [9.17, 15) is 34.5 Å². The first-order valence-electron chi connectivity index (χ1n) is 12.3. The third-order valence-corrected chi connectivity index (χ3v) is 5.69. The molecule has 13 nitrogen and oxygen atoms in total. The summed E-state index contributed by atoms with van der Waals surface area (Å²) in [5, 5.41) is 36.0. The van der Waals surface area contributed by atoms with E-state index in [2.05, 4.69) is 16.0 Å². The fourth-order valence-electron chi connectivity index (χ4n) is 3.48. The number of nitrogens with one attached hydrogen (secondary N) is 3. The minimum Gasteiger partial charge on any atom is -0.508 e. The Morgan fingerprint density at radius 2 is 1.27 bits per heavy atom. The Kier molecular flexibility index (Phi) is 14.8. The Morgan fingerprint density at radius 1 is 0.757 bits per heavy atom. The molecule has 0 heterocycles. The van der Waals surface area contributed by atoms with Crippen LogP contribution in [0.3, 0.4) is 0 Å². The van der Waals surface area contributed by atoms with Crippen LogP contribution < -0.4 is 33.2 Å². The van der Waals surface area contributed by atoms with E-state index in [-0.39, 0.29) is 18.6 Å². The molecule has 12 N–H and O–H groups in total. The standard InChI is InChI=1S/C24H40N6O7/c25-11-3-1-5-17(27)21(33)30-20(14-31)23(35)29-19(13-15-7-9-16(32)10-8-15)22(34)28-18(24(36)37)6-2-4-12-26/h7-10,17-20,31-32H,1-6,11-14,25-27H2,(H,28,34)(H,29,35)(H,30,33)(H,36,37).